The van der Waals surface area contributed by atoms with Gasteiger partial charge in [0.1, 0.15) is 0 Å². The van der Waals surface area contributed by atoms with Crippen molar-refractivity contribution in [1.29, 1.82) is 0 Å². The Hall–Kier alpha value is -3.15. The summed E-state index contributed by atoms with van der Waals surface area (Å²) < 4.78 is 28.9. The topological polar surface area (TPSA) is 117 Å². The van der Waals surface area contributed by atoms with Gasteiger partial charge in [-0.25, -0.2) is 13.4 Å². The Bertz CT molecular complexity index is 1420. The SMILES string of the molecule is CC(C)CN(CC(C)C)S(=O)(=O)c1ccc2nc(NC(=O)CCN3C(=O)c4ccccc4C3=O)sc2c1. The number of nitrogens with one attached hydrogen (secondary N) is 1. The van der Waals surface area contributed by atoms with Gasteiger partial charge >= 0.3 is 0 Å². The van der Waals surface area contributed by atoms with Crippen molar-refractivity contribution < 1.29 is 22.8 Å². The predicted octanol–water partition coefficient (Wildman–Crippen LogP) is 4.22. The average Bonchev–Trinajstić information content (AvgIpc) is 3.34. The molecule has 1 N–H and O–H groups in total. The van der Waals surface area contributed by atoms with Gasteiger partial charge in [0.15, 0.2) is 5.13 Å². The summed E-state index contributed by atoms with van der Waals surface area (Å²) in [5.74, 6) is -0.855. The van der Waals surface area contributed by atoms with Crippen LogP contribution < -0.4 is 5.32 Å². The van der Waals surface area contributed by atoms with E-state index in [4.69, 9.17) is 0 Å². The molecular weight excluding hydrogens is 512 g/mol. The van der Waals surface area contributed by atoms with Crippen molar-refractivity contribution in [3.63, 3.8) is 0 Å². The number of anilines is 1. The number of benzene rings is 2. The predicted molar refractivity (Wildman–Crippen MR) is 143 cm³/mol. The number of hydrogen-bond acceptors (Lipinski definition) is 7. The number of amides is 3. The van der Waals surface area contributed by atoms with Crippen LogP contribution >= 0.6 is 11.3 Å². The molecule has 0 atom stereocenters. The third-order valence-electron chi connectivity index (χ3n) is 5.82. The fourth-order valence-corrected chi connectivity index (χ4v) is 6.98. The summed E-state index contributed by atoms with van der Waals surface area (Å²) in [5.41, 5.74) is 1.24. The van der Waals surface area contributed by atoms with Gasteiger partial charge in [-0.15, -0.1) is 0 Å². The smallest absolute Gasteiger partial charge is 0.261 e. The monoisotopic (exact) mass is 542 g/mol. The first-order chi connectivity index (χ1) is 17.5. The zero-order valence-electron chi connectivity index (χ0n) is 21.2. The van der Waals surface area contributed by atoms with Gasteiger partial charge in [-0.2, -0.15) is 4.31 Å². The molecule has 0 spiro atoms. The van der Waals surface area contributed by atoms with E-state index in [1.807, 2.05) is 27.7 Å². The van der Waals surface area contributed by atoms with E-state index in [-0.39, 0.29) is 29.7 Å². The van der Waals surface area contributed by atoms with Crippen LogP contribution in [0, 0.1) is 11.8 Å². The molecule has 196 valence electrons. The molecule has 0 saturated heterocycles. The average molecular weight is 543 g/mol. The molecule has 2 aromatic carbocycles. The molecule has 0 aliphatic carbocycles. The first-order valence-corrected chi connectivity index (χ1v) is 14.4. The largest absolute Gasteiger partial charge is 0.302 e. The lowest BCUT2D eigenvalue weighted by molar-refractivity contribution is -0.116. The molecule has 1 aromatic heterocycles. The summed E-state index contributed by atoms with van der Waals surface area (Å²) in [4.78, 5) is 43.2. The molecule has 9 nitrogen and oxygen atoms in total. The van der Waals surface area contributed by atoms with Crippen molar-refractivity contribution >= 4 is 54.4 Å². The molecule has 1 aliphatic rings. The zero-order chi connectivity index (χ0) is 26.9. The summed E-state index contributed by atoms with van der Waals surface area (Å²) in [7, 11) is -3.69. The van der Waals surface area contributed by atoms with Crippen LogP contribution in [-0.4, -0.2) is 60.0 Å². The summed E-state index contributed by atoms with van der Waals surface area (Å²) in [6.07, 6.45) is -0.0829. The molecule has 0 fully saturated rings. The van der Waals surface area contributed by atoms with E-state index in [0.29, 0.717) is 39.6 Å². The molecule has 2 heterocycles. The quantitative estimate of drug-likeness (QED) is 0.384. The second kappa shape index (κ2) is 10.7. The minimum atomic E-state index is -3.69. The highest BCUT2D eigenvalue weighted by Crippen LogP contribution is 2.30. The van der Waals surface area contributed by atoms with Crippen molar-refractivity contribution in [2.75, 3.05) is 25.0 Å². The molecule has 0 unspecified atom stereocenters. The molecular formula is C26H30N4O5S2. The Morgan fingerprint density at radius 2 is 1.59 bits per heavy atom. The Morgan fingerprint density at radius 1 is 1.00 bits per heavy atom. The molecule has 0 bridgehead atoms. The number of imide groups is 1. The van der Waals surface area contributed by atoms with Gasteiger partial charge in [-0.1, -0.05) is 51.2 Å². The van der Waals surface area contributed by atoms with E-state index in [9.17, 15) is 22.8 Å². The number of aromatic nitrogens is 1. The van der Waals surface area contributed by atoms with Crippen molar-refractivity contribution in [3.05, 3.63) is 53.6 Å². The first-order valence-electron chi connectivity index (χ1n) is 12.1. The summed E-state index contributed by atoms with van der Waals surface area (Å²) in [6, 6.07) is 11.3. The highest BCUT2D eigenvalue weighted by molar-refractivity contribution is 7.89. The molecule has 1 aliphatic heterocycles. The Labute approximate surface area is 220 Å². The number of hydrogen-bond donors (Lipinski definition) is 1. The van der Waals surface area contributed by atoms with E-state index < -0.39 is 27.7 Å². The number of carbonyl (C=O) groups is 3. The third-order valence-corrected chi connectivity index (χ3v) is 8.58. The minimum absolute atomic E-state index is 0.0486. The number of fused-ring (bicyclic) bond motifs is 2. The summed E-state index contributed by atoms with van der Waals surface area (Å²) in [5, 5.41) is 3.02. The Kier molecular flexibility index (Phi) is 7.77. The fourth-order valence-electron chi connectivity index (χ4n) is 4.19. The van der Waals surface area contributed by atoms with Crippen LogP contribution in [-0.2, 0) is 14.8 Å². The van der Waals surface area contributed by atoms with Gasteiger partial charge in [0.2, 0.25) is 15.9 Å². The normalized spacial score (nSPS) is 13.9. The lowest BCUT2D eigenvalue weighted by Gasteiger charge is -2.25. The number of thiazole rings is 1. The van der Waals surface area contributed by atoms with Crippen molar-refractivity contribution in [2.45, 2.75) is 39.0 Å². The Morgan fingerprint density at radius 3 is 2.16 bits per heavy atom. The van der Waals surface area contributed by atoms with Crippen LogP contribution in [0.2, 0.25) is 0 Å². The lowest BCUT2D eigenvalue weighted by atomic mass is 10.1. The molecule has 3 aromatic rings. The molecule has 3 amide bonds. The van der Waals surface area contributed by atoms with Crippen LogP contribution in [0.4, 0.5) is 5.13 Å². The van der Waals surface area contributed by atoms with E-state index in [0.717, 1.165) is 4.90 Å². The molecule has 0 radical (unpaired) electrons. The zero-order valence-corrected chi connectivity index (χ0v) is 22.9. The lowest BCUT2D eigenvalue weighted by Crippen LogP contribution is -2.37. The first kappa shape index (κ1) is 26.9. The number of nitrogens with zero attached hydrogens (tertiary/aromatic N) is 3. The second-order valence-electron chi connectivity index (χ2n) is 9.86. The van der Waals surface area contributed by atoms with Gasteiger partial charge in [-0.3, -0.25) is 19.3 Å². The Balaban J connectivity index is 1.45. The number of rotatable bonds is 10. The van der Waals surface area contributed by atoms with E-state index in [1.54, 1.807) is 42.5 Å². The molecule has 4 rings (SSSR count). The maximum Gasteiger partial charge on any atom is 0.261 e. The van der Waals surface area contributed by atoms with Crippen LogP contribution in [0.5, 0.6) is 0 Å². The van der Waals surface area contributed by atoms with Gasteiger partial charge < -0.3 is 5.32 Å². The maximum atomic E-state index is 13.4. The van der Waals surface area contributed by atoms with E-state index in [2.05, 4.69) is 10.3 Å². The number of sulfonamides is 1. The van der Waals surface area contributed by atoms with Gasteiger partial charge in [-0.05, 0) is 42.2 Å². The fraction of sp³-hybridized carbons (Fsp3) is 0.385. The summed E-state index contributed by atoms with van der Waals surface area (Å²) >= 11 is 1.17. The minimum Gasteiger partial charge on any atom is -0.302 e. The third kappa shape index (κ3) is 5.73. The van der Waals surface area contributed by atoms with Gasteiger partial charge in [0.05, 0.1) is 26.2 Å². The highest BCUT2D eigenvalue weighted by Gasteiger charge is 2.35. The van der Waals surface area contributed by atoms with E-state index in [1.165, 1.54) is 15.6 Å². The molecule has 11 heteroatoms. The second-order valence-corrected chi connectivity index (χ2v) is 12.8. The number of carbonyl (C=O) groups excluding carboxylic acids is 3. The maximum absolute atomic E-state index is 13.4. The van der Waals surface area contributed by atoms with Crippen LogP contribution in [0.1, 0.15) is 54.8 Å². The molecule has 37 heavy (non-hydrogen) atoms. The molecule has 0 saturated carbocycles. The summed E-state index contributed by atoms with van der Waals surface area (Å²) in [6.45, 7) is 8.74. The van der Waals surface area contributed by atoms with Crippen LogP contribution in [0.25, 0.3) is 10.2 Å². The van der Waals surface area contributed by atoms with Gasteiger partial charge in [0.25, 0.3) is 11.8 Å². The van der Waals surface area contributed by atoms with Gasteiger partial charge in [0, 0.05) is 26.1 Å². The van der Waals surface area contributed by atoms with Crippen molar-refractivity contribution in [2.24, 2.45) is 11.8 Å². The van der Waals surface area contributed by atoms with Crippen LogP contribution in [0.3, 0.4) is 0 Å². The standard InChI is InChI=1S/C26H30N4O5S2/c1-16(2)14-29(15-17(3)4)37(34,35)18-9-10-21-22(13-18)36-26(27-21)28-23(31)11-12-30-24(32)19-7-5-6-8-20(19)25(30)33/h5-10,13,16-17H,11-12,14-15H2,1-4H3,(H,27,28,31). The van der Waals surface area contributed by atoms with Crippen molar-refractivity contribution in [1.82, 2.24) is 14.2 Å². The van der Waals surface area contributed by atoms with E-state index >= 15 is 0 Å². The van der Waals surface area contributed by atoms with Crippen LogP contribution in [0.15, 0.2) is 47.4 Å². The highest BCUT2D eigenvalue weighted by atomic mass is 32.2. The van der Waals surface area contributed by atoms with Crippen molar-refractivity contribution in [3.8, 4) is 0 Å².